The van der Waals surface area contributed by atoms with Crippen molar-refractivity contribution in [1.29, 1.82) is 0 Å². The van der Waals surface area contributed by atoms with Crippen molar-refractivity contribution < 1.29 is 9.53 Å². The molecule has 8 nitrogen and oxygen atoms in total. The van der Waals surface area contributed by atoms with E-state index in [1.807, 2.05) is 31.2 Å². The van der Waals surface area contributed by atoms with Crippen LogP contribution in [0.4, 0.5) is 0 Å². The lowest BCUT2D eigenvalue weighted by molar-refractivity contribution is 0.0950. The molecule has 0 atom stereocenters. The molecule has 0 aliphatic carbocycles. The number of para-hydroxylation sites is 1. The number of ether oxygens (including phenoxy) is 1. The highest BCUT2D eigenvalue weighted by Crippen LogP contribution is 2.21. The molecule has 1 N–H and O–H groups in total. The summed E-state index contributed by atoms with van der Waals surface area (Å²) in [7, 11) is 1.53. The average molecular weight is 394 g/mol. The number of carbonyl (C=O) groups excluding carboxylic acids is 1. The van der Waals surface area contributed by atoms with Gasteiger partial charge in [-0.1, -0.05) is 19.1 Å². The number of nitrogens with zero attached hydrogens (tertiary/aromatic N) is 5. The summed E-state index contributed by atoms with van der Waals surface area (Å²) < 4.78 is 7.76. The topological polar surface area (TPSA) is 94.8 Å². The van der Waals surface area contributed by atoms with Crippen LogP contribution in [0, 0.1) is 0 Å². The Balaban J connectivity index is 1.53. The van der Waals surface area contributed by atoms with E-state index in [4.69, 9.17) is 4.74 Å². The summed E-state index contributed by atoms with van der Waals surface area (Å²) in [6.07, 6.45) is 2.18. The summed E-state index contributed by atoms with van der Waals surface area (Å²) in [5.74, 6) is 0.759. The van der Waals surface area contributed by atoms with E-state index in [2.05, 4.69) is 25.6 Å². The lowest BCUT2D eigenvalue weighted by Gasteiger charge is -2.07. The molecule has 4 rings (SSSR count). The van der Waals surface area contributed by atoms with Gasteiger partial charge in [0.15, 0.2) is 5.82 Å². The van der Waals surface area contributed by atoms with Gasteiger partial charge in [-0.3, -0.25) is 4.79 Å². The van der Waals surface area contributed by atoms with Crippen LogP contribution in [0.25, 0.3) is 16.0 Å². The zero-order valence-corrected chi connectivity index (χ0v) is 16.2. The van der Waals surface area contributed by atoms with Gasteiger partial charge in [0.1, 0.15) is 5.01 Å². The molecule has 0 spiro atoms. The van der Waals surface area contributed by atoms with Crippen LogP contribution in [0.2, 0.25) is 0 Å². The Hall–Kier alpha value is -3.33. The van der Waals surface area contributed by atoms with Gasteiger partial charge < -0.3 is 10.1 Å². The Kier molecular flexibility index (Phi) is 4.98. The van der Waals surface area contributed by atoms with Crippen LogP contribution in [-0.4, -0.2) is 38.0 Å². The van der Waals surface area contributed by atoms with Crippen LogP contribution in [-0.2, 0) is 13.0 Å². The highest BCUT2D eigenvalue weighted by Gasteiger charge is 2.18. The lowest BCUT2D eigenvalue weighted by Crippen LogP contribution is -2.23. The van der Waals surface area contributed by atoms with E-state index < -0.39 is 0 Å². The molecule has 1 amide bonds. The molecule has 3 aromatic heterocycles. The van der Waals surface area contributed by atoms with E-state index in [0.29, 0.717) is 30.2 Å². The molecule has 142 valence electrons. The minimum absolute atomic E-state index is 0.191. The first-order valence-corrected chi connectivity index (χ1v) is 9.59. The van der Waals surface area contributed by atoms with Gasteiger partial charge in [-0.2, -0.15) is 5.10 Å². The molecule has 0 unspecified atom stereocenters. The normalized spacial score (nSPS) is 10.9. The minimum Gasteiger partial charge on any atom is -0.480 e. The molecule has 3 heterocycles. The van der Waals surface area contributed by atoms with Gasteiger partial charge in [-0.25, -0.2) is 9.67 Å². The smallest absolute Gasteiger partial charge is 0.255 e. The van der Waals surface area contributed by atoms with Gasteiger partial charge in [0.25, 0.3) is 5.91 Å². The third-order valence-electron chi connectivity index (χ3n) is 4.24. The fourth-order valence-corrected chi connectivity index (χ4v) is 3.79. The first-order valence-electron chi connectivity index (χ1n) is 8.77. The summed E-state index contributed by atoms with van der Waals surface area (Å²) in [5.41, 5.74) is 2.22. The Morgan fingerprint density at radius 1 is 1.21 bits per heavy atom. The van der Waals surface area contributed by atoms with Crippen LogP contribution >= 0.6 is 11.3 Å². The predicted octanol–water partition coefficient (Wildman–Crippen LogP) is 2.77. The fourth-order valence-electron chi connectivity index (χ4n) is 2.88. The number of carbonyl (C=O) groups is 1. The van der Waals surface area contributed by atoms with Crippen molar-refractivity contribution in [2.24, 2.45) is 0 Å². The van der Waals surface area contributed by atoms with Gasteiger partial charge in [-0.15, -0.1) is 21.5 Å². The number of hydrogen-bond acceptors (Lipinski definition) is 7. The van der Waals surface area contributed by atoms with Gasteiger partial charge >= 0.3 is 0 Å². The predicted molar refractivity (Wildman–Crippen MR) is 106 cm³/mol. The van der Waals surface area contributed by atoms with E-state index >= 15 is 0 Å². The number of methoxy groups -OCH3 is 1. The van der Waals surface area contributed by atoms with E-state index in [-0.39, 0.29) is 5.91 Å². The third kappa shape index (κ3) is 3.44. The van der Waals surface area contributed by atoms with Crippen molar-refractivity contribution in [2.75, 3.05) is 7.11 Å². The van der Waals surface area contributed by atoms with Crippen molar-refractivity contribution in [2.45, 2.75) is 19.9 Å². The SMILES string of the molecule is CCc1c(C(=O)NCc2nc3ccccc3s2)cnn1-c1ccc(OC)nn1. The highest BCUT2D eigenvalue weighted by atomic mass is 32.1. The van der Waals surface area contributed by atoms with Crippen molar-refractivity contribution in [3.8, 4) is 11.7 Å². The molecular formula is C19H18N6O2S. The zero-order chi connectivity index (χ0) is 19.5. The molecule has 0 saturated heterocycles. The Morgan fingerprint density at radius 2 is 2.07 bits per heavy atom. The van der Waals surface area contributed by atoms with Gasteiger partial charge in [0.05, 0.1) is 41.3 Å². The van der Waals surface area contributed by atoms with Gasteiger partial charge in [0.2, 0.25) is 5.88 Å². The second-order valence-electron chi connectivity index (χ2n) is 5.96. The second-order valence-corrected chi connectivity index (χ2v) is 7.08. The van der Waals surface area contributed by atoms with Crippen molar-refractivity contribution in [3.05, 3.63) is 58.9 Å². The first kappa shape index (κ1) is 18.1. The standard InChI is InChI=1S/C19H18N6O2S/c1-3-14-12(10-21-25(14)16-8-9-17(27-2)24-23-16)19(26)20-11-18-22-13-6-4-5-7-15(13)28-18/h4-10H,3,11H2,1-2H3,(H,20,26). The zero-order valence-electron chi connectivity index (χ0n) is 15.4. The number of aromatic nitrogens is 5. The first-order chi connectivity index (χ1) is 13.7. The number of amides is 1. The number of rotatable bonds is 6. The molecule has 0 fully saturated rings. The summed E-state index contributed by atoms with van der Waals surface area (Å²) in [4.78, 5) is 17.3. The van der Waals surface area contributed by atoms with Crippen molar-refractivity contribution in [3.63, 3.8) is 0 Å². The van der Waals surface area contributed by atoms with Gasteiger partial charge in [0, 0.05) is 6.07 Å². The van der Waals surface area contributed by atoms with Crippen LogP contribution < -0.4 is 10.1 Å². The molecule has 0 saturated carbocycles. The van der Waals surface area contributed by atoms with E-state index in [9.17, 15) is 4.79 Å². The molecule has 4 aromatic rings. The largest absolute Gasteiger partial charge is 0.480 e. The second kappa shape index (κ2) is 7.73. The Bertz CT molecular complexity index is 1090. The molecule has 28 heavy (non-hydrogen) atoms. The summed E-state index contributed by atoms with van der Waals surface area (Å²) in [6.45, 7) is 2.34. The minimum atomic E-state index is -0.191. The van der Waals surface area contributed by atoms with Crippen molar-refractivity contribution in [1.82, 2.24) is 30.3 Å². The maximum atomic E-state index is 12.7. The summed E-state index contributed by atoms with van der Waals surface area (Å²) >= 11 is 1.57. The molecule has 0 aliphatic heterocycles. The third-order valence-corrected chi connectivity index (χ3v) is 5.28. The molecular weight excluding hydrogens is 376 g/mol. The number of nitrogens with one attached hydrogen (secondary N) is 1. The van der Waals surface area contributed by atoms with E-state index in [1.54, 1.807) is 34.3 Å². The number of fused-ring (bicyclic) bond motifs is 1. The Morgan fingerprint density at radius 3 is 2.79 bits per heavy atom. The maximum absolute atomic E-state index is 12.7. The summed E-state index contributed by atoms with van der Waals surface area (Å²) in [5, 5.41) is 16.2. The van der Waals surface area contributed by atoms with Crippen LogP contribution in [0.3, 0.4) is 0 Å². The molecule has 0 bridgehead atoms. The van der Waals surface area contributed by atoms with Crippen LogP contribution in [0.15, 0.2) is 42.6 Å². The van der Waals surface area contributed by atoms with Crippen molar-refractivity contribution >= 4 is 27.5 Å². The number of benzene rings is 1. The molecule has 9 heteroatoms. The number of thiazole rings is 1. The monoisotopic (exact) mass is 394 g/mol. The Labute approximate surface area is 165 Å². The maximum Gasteiger partial charge on any atom is 0.255 e. The molecule has 1 aromatic carbocycles. The lowest BCUT2D eigenvalue weighted by atomic mass is 10.2. The van der Waals surface area contributed by atoms with Crippen LogP contribution in [0.5, 0.6) is 5.88 Å². The van der Waals surface area contributed by atoms with Gasteiger partial charge in [-0.05, 0) is 24.6 Å². The average Bonchev–Trinajstić information content (AvgIpc) is 3.35. The fraction of sp³-hybridized carbons (Fsp3) is 0.211. The van der Waals surface area contributed by atoms with E-state index in [1.165, 1.54) is 7.11 Å². The quantitative estimate of drug-likeness (QED) is 0.540. The number of hydrogen-bond donors (Lipinski definition) is 1. The van der Waals surface area contributed by atoms with E-state index in [0.717, 1.165) is 20.9 Å². The van der Waals surface area contributed by atoms with Crippen LogP contribution in [0.1, 0.15) is 28.0 Å². The molecule has 0 radical (unpaired) electrons. The molecule has 0 aliphatic rings. The highest BCUT2D eigenvalue weighted by molar-refractivity contribution is 7.18. The summed E-state index contributed by atoms with van der Waals surface area (Å²) in [6, 6.07) is 11.4.